The lowest BCUT2D eigenvalue weighted by atomic mass is 9.85. The Morgan fingerprint density at radius 1 is 1.35 bits per heavy atom. The van der Waals surface area contributed by atoms with Crippen molar-refractivity contribution >= 4 is 17.7 Å². The molecule has 1 saturated carbocycles. The lowest BCUT2D eigenvalue weighted by Crippen LogP contribution is -2.44. The van der Waals surface area contributed by atoms with E-state index in [2.05, 4.69) is 10.3 Å². The van der Waals surface area contributed by atoms with Gasteiger partial charge in [0.25, 0.3) is 0 Å². The fourth-order valence-corrected chi connectivity index (χ4v) is 3.29. The van der Waals surface area contributed by atoms with Gasteiger partial charge in [0.1, 0.15) is 0 Å². The number of rotatable bonds is 5. The lowest BCUT2D eigenvalue weighted by molar-refractivity contribution is -0.137. The van der Waals surface area contributed by atoms with Crippen molar-refractivity contribution in [3.8, 4) is 0 Å². The second-order valence-electron chi connectivity index (χ2n) is 5.57. The maximum Gasteiger partial charge on any atom is 0.417 e. The molecule has 2 N–H and O–H groups in total. The molecule has 0 aliphatic heterocycles. The molecule has 1 aliphatic rings. The second-order valence-corrected chi connectivity index (χ2v) is 6.57. The summed E-state index contributed by atoms with van der Waals surface area (Å²) >= 11 is 1.09. The first-order valence-electron chi connectivity index (χ1n) is 7.46. The van der Waals surface area contributed by atoms with Crippen molar-refractivity contribution < 1.29 is 23.1 Å². The maximum atomic E-state index is 12.4. The minimum Gasteiger partial charge on any atom is -0.396 e. The van der Waals surface area contributed by atoms with Crippen LogP contribution in [0.2, 0.25) is 0 Å². The Morgan fingerprint density at radius 3 is 2.70 bits per heavy atom. The van der Waals surface area contributed by atoms with Crippen LogP contribution in [0, 0.1) is 5.92 Å². The van der Waals surface area contributed by atoms with Gasteiger partial charge in [-0.3, -0.25) is 4.79 Å². The average Bonchev–Trinajstić information content (AvgIpc) is 2.53. The largest absolute Gasteiger partial charge is 0.417 e. The zero-order valence-electron chi connectivity index (χ0n) is 12.5. The molecule has 0 aromatic carbocycles. The molecule has 0 saturated heterocycles. The number of halogens is 3. The number of nitrogens with zero attached hydrogens (tertiary/aromatic N) is 1. The normalized spacial score (nSPS) is 21.9. The number of hydrogen-bond acceptors (Lipinski definition) is 4. The molecule has 1 aromatic rings. The van der Waals surface area contributed by atoms with Crippen molar-refractivity contribution in [3.05, 3.63) is 23.9 Å². The van der Waals surface area contributed by atoms with Gasteiger partial charge in [0, 0.05) is 24.8 Å². The van der Waals surface area contributed by atoms with Gasteiger partial charge in [0.2, 0.25) is 5.91 Å². The number of aromatic nitrogens is 1. The molecule has 23 heavy (non-hydrogen) atoms. The highest BCUT2D eigenvalue weighted by Gasteiger charge is 2.30. The van der Waals surface area contributed by atoms with Gasteiger partial charge in [-0.15, -0.1) is 0 Å². The fourth-order valence-electron chi connectivity index (χ4n) is 2.64. The number of nitrogens with one attached hydrogen (secondary N) is 1. The van der Waals surface area contributed by atoms with Crippen molar-refractivity contribution in [1.29, 1.82) is 0 Å². The summed E-state index contributed by atoms with van der Waals surface area (Å²) in [5.41, 5.74) is -0.806. The van der Waals surface area contributed by atoms with E-state index < -0.39 is 11.7 Å². The number of carbonyl (C=O) groups is 1. The van der Waals surface area contributed by atoms with Gasteiger partial charge >= 0.3 is 6.18 Å². The predicted molar refractivity (Wildman–Crippen MR) is 80.9 cm³/mol. The smallest absolute Gasteiger partial charge is 0.396 e. The number of amides is 1. The second kappa shape index (κ2) is 8.01. The number of thioether (sulfide) groups is 1. The van der Waals surface area contributed by atoms with Crippen LogP contribution in [0.15, 0.2) is 23.4 Å². The van der Waals surface area contributed by atoms with Crippen LogP contribution < -0.4 is 5.32 Å². The molecule has 1 aliphatic carbocycles. The van der Waals surface area contributed by atoms with Gasteiger partial charge in [-0.05, 0) is 25.0 Å². The number of carbonyl (C=O) groups excluding carboxylic acids is 1. The first kappa shape index (κ1) is 18.1. The van der Waals surface area contributed by atoms with E-state index in [4.69, 9.17) is 0 Å². The zero-order chi connectivity index (χ0) is 16.9. The third-order valence-corrected chi connectivity index (χ3v) is 4.85. The van der Waals surface area contributed by atoms with Gasteiger partial charge in [-0.2, -0.15) is 13.2 Å². The van der Waals surface area contributed by atoms with E-state index in [9.17, 15) is 23.1 Å². The van der Waals surface area contributed by atoms with E-state index in [-0.39, 0.29) is 30.2 Å². The van der Waals surface area contributed by atoms with Crippen LogP contribution >= 0.6 is 11.8 Å². The Bertz CT molecular complexity index is 522. The summed E-state index contributed by atoms with van der Waals surface area (Å²) in [5.74, 6) is -0.0172. The Morgan fingerprint density at radius 2 is 2.09 bits per heavy atom. The molecule has 1 heterocycles. The number of aliphatic hydroxyl groups is 1. The summed E-state index contributed by atoms with van der Waals surface area (Å²) in [6, 6.07) is 2.19. The topological polar surface area (TPSA) is 62.2 Å². The molecule has 2 rings (SSSR count). The summed E-state index contributed by atoms with van der Waals surface area (Å²) in [6.45, 7) is 0.0541. The van der Waals surface area contributed by atoms with Crippen molar-refractivity contribution in [2.75, 3.05) is 12.4 Å². The maximum absolute atomic E-state index is 12.4. The first-order chi connectivity index (χ1) is 10.9. The Hall–Kier alpha value is -1.28. The van der Waals surface area contributed by atoms with Gasteiger partial charge < -0.3 is 10.4 Å². The van der Waals surface area contributed by atoms with Gasteiger partial charge in [0.05, 0.1) is 16.3 Å². The molecular weight excluding hydrogens is 329 g/mol. The Labute approximate surface area is 136 Å². The van der Waals surface area contributed by atoms with Gasteiger partial charge in [-0.1, -0.05) is 24.6 Å². The van der Waals surface area contributed by atoms with E-state index >= 15 is 0 Å². The third-order valence-electron chi connectivity index (χ3n) is 3.90. The van der Waals surface area contributed by atoms with E-state index in [1.165, 1.54) is 6.07 Å². The minimum absolute atomic E-state index is 0.0255. The van der Waals surface area contributed by atoms with Crippen LogP contribution in [0.25, 0.3) is 0 Å². The Kier molecular flexibility index (Phi) is 6.29. The SMILES string of the molecule is O=C(CSc1ccc(C(F)(F)F)cn1)NC1CCCCC1CO. The highest BCUT2D eigenvalue weighted by molar-refractivity contribution is 7.99. The molecule has 0 radical (unpaired) electrons. The molecule has 4 nitrogen and oxygen atoms in total. The number of hydrogen-bond donors (Lipinski definition) is 2. The predicted octanol–water partition coefficient (Wildman–Crippen LogP) is 2.86. The monoisotopic (exact) mass is 348 g/mol. The first-order valence-corrected chi connectivity index (χ1v) is 8.45. The van der Waals surface area contributed by atoms with Crippen molar-refractivity contribution in [3.63, 3.8) is 0 Å². The van der Waals surface area contributed by atoms with Crippen LogP contribution in [0.4, 0.5) is 13.2 Å². The van der Waals surface area contributed by atoms with Gasteiger partial charge in [0.15, 0.2) is 0 Å². The molecule has 0 bridgehead atoms. The molecule has 1 amide bonds. The summed E-state index contributed by atoms with van der Waals surface area (Å²) < 4.78 is 37.3. The number of pyridine rings is 1. The van der Waals surface area contributed by atoms with Crippen LogP contribution in [0.3, 0.4) is 0 Å². The van der Waals surface area contributed by atoms with Crippen molar-refractivity contribution in [1.82, 2.24) is 10.3 Å². The van der Waals surface area contributed by atoms with Crippen molar-refractivity contribution in [2.24, 2.45) is 5.92 Å². The van der Waals surface area contributed by atoms with E-state index in [0.717, 1.165) is 49.7 Å². The zero-order valence-corrected chi connectivity index (χ0v) is 13.3. The third kappa shape index (κ3) is 5.39. The van der Waals surface area contributed by atoms with Crippen molar-refractivity contribution in [2.45, 2.75) is 42.9 Å². The number of alkyl halides is 3. The quantitative estimate of drug-likeness (QED) is 0.804. The molecule has 1 aromatic heterocycles. The summed E-state index contributed by atoms with van der Waals surface area (Å²) in [4.78, 5) is 15.7. The van der Waals surface area contributed by atoms with Crippen LogP contribution in [-0.2, 0) is 11.0 Å². The molecule has 8 heteroatoms. The molecule has 2 unspecified atom stereocenters. The highest BCUT2D eigenvalue weighted by Crippen LogP contribution is 2.29. The lowest BCUT2D eigenvalue weighted by Gasteiger charge is -2.30. The standard InChI is InChI=1S/C15H19F3N2O2S/c16-15(17,18)11-5-6-14(19-7-11)23-9-13(22)20-12-4-2-1-3-10(12)8-21/h5-7,10,12,21H,1-4,8-9H2,(H,20,22). The number of aliphatic hydroxyl groups excluding tert-OH is 1. The van der Waals surface area contributed by atoms with Crippen LogP contribution in [0.5, 0.6) is 0 Å². The molecule has 2 atom stereocenters. The van der Waals surface area contributed by atoms with Gasteiger partial charge in [-0.25, -0.2) is 4.98 Å². The van der Waals surface area contributed by atoms with Crippen LogP contribution in [-0.4, -0.2) is 34.4 Å². The minimum atomic E-state index is -4.41. The summed E-state index contributed by atoms with van der Waals surface area (Å²) in [5, 5.41) is 12.6. The molecule has 128 valence electrons. The summed E-state index contributed by atoms with van der Waals surface area (Å²) in [7, 11) is 0. The van der Waals surface area contributed by atoms with E-state index in [1.807, 2.05) is 0 Å². The fraction of sp³-hybridized carbons (Fsp3) is 0.600. The molecule has 1 fully saturated rings. The summed E-state index contributed by atoms with van der Waals surface area (Å²) in [6.07, 6.45) is 0.184. The van der Waals surface area contributed by atoms with E-state index in [1.54, 1.807) is 0 Å². The highest BCUT2D eigenvalue weighted by atomic mass is 32.2. The van der Waals surface area contributed by atoms with Crippen LogP contribution in [0.1, 0.15) is 31.2 Å². The Balaban J connectivity index is 1.82. The molecular formula is C15H19F3N2O2S. The molecule has 0 spiro atoms. The van der Waals surface area contributed by atoms with E-state index in [0.29, 0.717) is 5.03 Å². The average molecular weight is 348 g/mol.